The third kappa shape index (κ3) is 5.41. The topological polar surface area (TPSA) is 59.4 Å². The molecule has 0 bridgehead atoms. The van der Waals surface area contributed by atoms with E-state index in [1.54, 1.807) is 0 Å². The van der Waals surface area contributed by atoms with Crippen molar-refractivity contribution in [2.45, 2.75) is 25.8 Å². The van der Waals surface area contributed by atoms with Gasteiger partial charge >= 0.3 is 0 Å². The maximum absolute atomic E-state index is 12.4. The van der Waals surface area contributed by atoms with Crippen molar-refractivity contribution in [3.05, 3.63) is 65.7 Å². The van der Waals surface area contributed by atoms with Gasteiger partial charge in [0.15, 0.2) is 0 Å². The first kappa shape index (κ1) is 20.1. The predicted molar refractivity (Wildman–Crippen MR) is 112 cm³/mol. The molecule has 3 rings (SSSR count). The lowest BCUT2D eigenvalue weighted by Crippen LogP contribution is -2.48. The van der Waals surface area contributed by atoms with Crippen LogP contribution in [0.25, 0.3) is 0 Å². The molecule has 0 saturated carbocycles. The molecule has 5 nitrogen and oxygen atoms in total. The second-order valence-electron chi connectivity index (χ2n) is 7.90. The minimum atomic E-state index is -0.526. The van der Waals surface area contributed by atoms with Crippen molar-refractivity contribution in [1.29, 1.82) is 5.26 Å². The molecule has 1 fully saturated rings. The average Bonchev–Trinajstić information content (AvgIpc) is 2.70. The summed E-state index contributed by atoms with van der Waals surface area (Å²) >= 11 is 0. The molecular weight excluding hydrogens is 348 g/mol. The average molecular weight is 377 g/mol. The molecule has 0 unspecified atom stereocenters. The number of carbonyl (C=O) groups is 1. The second-order valence-corrected chi connectivity index (χ2v) is 7.90. The summed E-state index contributed by atoms with van der Waals surface area (Å²) in [5.41, 5.74) is 2.52. The van der Waals surface area contributed by atoms with E-state index in [1.807, 2.05) is 44.2 Å². The van der Waals surface area contributed by atoms with Crippen LogP contribution in [0.4, 0.5) is 5.69 Å². The van der Waals surface area contributed by atoms with Crippen molar-refractivity contribution >= 4 is 11.6 Å². The van der Waals surface area contributed by atoms with Gasteiger partial charge in [-0.05, 0) is 37.1 Å². The third-order valence-corrected chi connectivity index (χ3v) is 5.25. The first-order chi connectivity index (χ1) is 13.5. The Bertz CT molecular complexity index is 816. The van der Waals surface area contributed by atoms with Gasteiger partial charge in [0, 0.05) is 38.4 Å². The number of nitrogens with zero attached hydrogens (tertiary/aromatic N) is 3. The fourth-order valence-corrected chi connectivity index (χ4v) is 3.39. The lowest BCUT2D eigenvalue weighted by atomic mass is 9.86. The van der Waals surface area contributed by atoms with Gasteiger partial charge in [-0.2, -0.15) is 5.26 Å². The summed E-state index contributed by atoms with van der Waals surface area (Å²) in [5.74, 6) is 0.00352. The SMILES string of the molecule is CC(C)(C#N)c1ccc(NC(=O)CN2CCN(Cc3ccccc3)CC2)cc1. The monoisotopic (exact) mass is 376 g/mol. The number of piperazine rings is 1. The van der Waals surface area contributed by atoms with Gasteiger partial charge in [-0.15, -0.1) is 0 Å². The van der Waals surface area contributed by atoms with E-state index in [0.29, 0.717) is 6.54 Å². The summed E-state index contributed by atoms with van der Waals surface area (Å²) in [4.78, 5) is 17.0. The summed E-state index contributed by atoms with van der Waals surface area (Å²) in [6.45, 7) is 8.89. The molecule has 2 aromatic carbocycles. The van der Waals surface area contributed by atoms with Gasteiger partial charge < -0.3 is 5.32 Å². The summed E-state index contributed by atoms with van der Waals surface area (Å²) in [6, 6.07) is 20.3. The smallest absolute Gasteiger partial charge is 0.238 e. The van der Waals surface area contributed by atoms with E-state index in [9.17, 15) is 10.1 Å². The van der Waals surface area contributed by atoms with Crippen LogP contribution in [-0.4, -0.2) is 48.4 Å². The second kappa shape index (κ2) is 9.01. The summed E-state index contributed by atoms with van der Waals surface area (Å²) in [6.07, 6.45) is 0. The minimum absolute atomic E-state index is 0.00352. The number of amides is 1. The quantitative estimate of drug-likeness (QED) is 0.841. The first-order valence-electron chi connectivity index (χ1n) is 9.76. The molecule has 1 aliphatic rings. The standard InChI is InChI=1S/C23H28N4O/c1-23(2,18-24)20-8-10-21(11-9-20)25-22(28)17-27-14-12-26(13-15-27)16-19-6-4-3-5-7-19/h3-11H,12-17H2,1-2H3,(H,25,28). The number of anilines is 1. The van der Waals surface area contributed by atoms with Crippen LogP contribution in [0.1, 0.15) is 25.0 Å². The van der Waals surface area contributed by atoms with Crippen molar-refractivity contribution in [2.24, 2.45) is 0 Å². The number of hydrogen-bond donors (Lipinski definition) is 1. The maximum Gasteiger partial charge on any atom is 0.238 e. The zero-order valence-electron chi connectivity index (χ0n) is 16.7. The number of nitriles is 1. The Hall–Kier alpha value is -2.68. The molecule has 0 radical (unpaired) electrons. The number of hydrogen-bond acceptors (Lipinski definition) is 4. The van der Waals surface area contributed by atoms with Crippen LogP contribution < -0.4 is 5.32 Å². The number of benzene rings is 2. The van der Waals surface area contributed by atoms with E-state index in [2.05, 4.69) is 45.5 Å². The minimum Gasteiger partial charge on any atom is -0.325 e. The molecule has 146 valence electrons. The molecule has 1 N–H and O–H groups in total. The molecule has 1 aliphatic heterocycles. The molecule has 5 heteroatoms. The molecule has 1 heterocycles. The van der Waals surface area contributed by atoms with Gasteiger partial charge in [-0.25, -0.2) is 0 Å². The highest BCUT2D eigenvalue weighted by molar-refractivity contribution is 5.92. The zero-order chi connectivity index (χ0) is 20.0. The number of nitrogens with one attached hydrogen (secondary N) is 1. The van der Waals surface area contributed by atoms with Crippen molar-refractivity contribution in [2.75, 3.05) is 38.0 Å². The molecule has 0 aromatic heterocycles. The highest BCUT2D eigenvalue weighted by Gasteiger charge is 2.20. The van der Waals surface area contributed by atoms with E-state index in [-0.39, 0.29) is 5.91 Å². The third-order valence-electron chi connectivity index (χ3n) is 5.25. The summed E-state index contributed by atoms with van der Waals surface area (Å²) < 4.78 is 0. The van der Waals surface area contributed by atoms with Crippen LogP contribution in [0.5, 0.6) is 0 Å². The van der Waals surface area contributed by atoms with Crippen molar-refractivity contribution in [1.82, 2.24) is 9.80 Å². The van der Waals surface area contributed by atoms with Gasteiger partial charge in [-0.1, -0.05) is 42.5 Å². The molecule has 28 heavy (non-hydrogen) atoms. The van der Waals surface area contributed by atoms with Gasteiger partial charge in [0.25, 0.3) is 0 Å². The molecule has 1 amide bonds. The lowest BCUT2D eigenvalue weighted by Gasteiger charge is -2.34. The van der Waals surface area contributed by atoms with Gasteiger partial charge in [-0.3, -0.25) is 14.6 Å². The summed E-state index contributed by atoms with van der Waals surface area (Å²) in [7, 11) is 0. The van der Waals surface area contributed by atoms with E-state index in [4.69, 9.17) is 0 Å². The van der Waals surface area contributed by atoms with E-state index in [0.717, 1.165) is 44.0 Å². The molecule has 2 aromatic rings. The van der Waals surface area contributed by atoms with E-state index in [1.165, 1.54) is 5.56 Å². The van der Waals surface area contributed by atoms with Gasteiger partial charge in [0.2, 0.25) is 5.91 Å². The predicted octanol–water partition coefficient (Wildman–Crippen LogP) is 3.24. The Morgan fingerprint density at radius 3 is 2.21 bits per heavy atom. The van der Waals surface area contributed by atoms with Gasteiger partial charge in [0.1, 0.15) is 0 Å². The number of carbonyl (C=O) groups excluding carboxylic acids is 1. The maximum atomic E-state index is 12.4. The molecule has 1 saturated heterocycles. The van der Waals surface area contributed by atoms with E-state index >= 15 is 0 Å². The highest BCUT2D eigenvalue weighted by atomic mass is 16.2. The largest absolute Gasteiger partial charge is 0.325 e. The van der Waals surface area contributed by atoms with Crippen molar-refractivity contribution in [3.8, 4) is 6.07 Å². The summed E-state index contributed by atoms with van der Waals surface area (Å²) in [5, 5.41) is 12.2. The van der Waals surface area contributed by atoms with Gasteiger partial charge in [0.05, 0.1) is 18.0 Å². The molecule has 0 spiro atoms. The Morgan fingerprint density at radius 1 is 1.00 bits per heavy atom. The van der Waals surface area contributed by atoms with Crippen LogP contribution in [0, 0.1) is 11.3 Å². The van der Waals surface area contributed by atoms with Crippen LogP contribution in [0.3, 0.4) is 0 Å². The van der Waals surface area contributed by atoms with Crippen molar-refractivity contribution < 1.29 is 4.79 Å². The normalized spacial score (nSPS) is 15.8. The fraction of sp³-hybridized carbons (Fsp3) is 0.391. The van der Waals surface area contributed by atoms with Crippen LogP contribution in [-0.2, 0) is 16.8 Å². The number of rotatable bonds is 6. The van der Waals surface area contributed by atoms with Crippen molar-refractivity contribution in [3.63, 3.8) is 0 Å². The fourth-order valence-electron chi connectivity index (χ4n) is 3.39. The Kier molecular flexibility index (Phi) is 6.45. The highest BCUT2D eigenvalue weighted by Crippen LogP contribution is 2.23. The Labute approximate surface area is 167 Å². The zero-order valence-corrected chi connectivity index (χ0v) is 16.7. The Balaban J connectivity index is 1.44. The molecule has 0 aliphatic carbocycles. The molecular formula is C23H28N4O. The molecule has 0 atom stereocenters. The first-order valence-corrected chi connectivity index (χ1v) is 9.76. The van der Waals surface area contributed by atoms with E-state index < -0.39 is 5.41 Å². The lowest BCUT2D eigenvalue weighted by molar-refractivity contribution is -0.117. The van der Waals surface area contributed by atoms with Crippen LogP contribution in [0.15, 0.2) is 54.6 Å². The van der Waals surface area contributed by atoms with Crippen LogP contribution >= 0.6 is 0 Å². The van der Waals surface area contributed by atoms with Crippen LogP contribution in [0.2, 0.25) is 0 Å². The Morgan fingerprint density at radius 2 is 1.61 bits per heavy atom.